The Balaban J connectivity index is 1.69. The van der Waals surface area contributed by atoms with Gasteiger partial charge in [0.2, 0.25) is 10.0 Å². The third kappa shape index (κ3) is 5.68. The third-order valence-electron chi connectivity index (χ3n) is 5.40. The fourth-order valence-electron chi connectivity index (χ4n) is 3.41. The van der Waals surface area contributed by atoms with Gasteiger partial charge in [-0.1, -0.05) is 37.1 Å². The standard InChI is InChI=1S/C23H27ClN2O5S/c1-3-17-7-9-18(10-8-17)23(28)31-16(2)22(27)25-21-15-19(11-12-20(21)24)32(29,30)26-13-5-4-6-14-26/h7-12,15-16H,3-6,13-14H2,1-2H3,(H,25,27). The Morgan fingerprint density at radius 3 is 2.38 bits per heavy atom. The van der Waals surface area contributed by atoms with Gasteiger partial charge in [-0.15, -0.1) is 0 Å². The second kappa shape index (κ2) is 10.5. The highest BCUT2D eigenvalue weighted by Crippen LogP contribution is 2.28. The van der Waals surface area contributed by atoms with Crippen molar-refractivity contribution in [3.05, 3.63) is 58.6 Å². The molecule has 1 atom stereocenters. The van der Waals surface area contributed by atoms with Gasteiger partial charge in [0.05, 0.1) is 21.2 Å². The van der Waals surface area contributed by atoms with Gasteiger partial charge in [-0.05, 0) is 62.1 Å². The van der Waals surface area contributed by atoms with E-state index in [0.29, 0.717) is 18.7 Å². The lowest BCUT2D eigenvalue weighted by atomic mass is 10.1. The minimum Gasteiger partial charge on any atom is -0.449 e. The van der Waals surface area contributed by atoms with E-state index in [4.69, 9.17) is 16.3 Å². The number of halogens is 1. The zero-order valence-corrected chi connectivity index (χ0v) is 19.7. The summed E-state index contributed by atoms with van der Waals surface area (Å²) in [5.41, 5.74) is 1.57. The van der Waals surface area contributed by atoms with Crippen molar-refractivity contribution in [2.24, 2.45) is 0 Å². The van der Waals surface area contributed by atoms with E-state index in [1.54, 1.807) is 12.1 Å². The van der Waals surface area contributed by atoms with Crippen LogP contribution in [0.2, 0.25) is 5.02 Å². The monoisotopic (exact) mass is 478 g/mol. The SMILES string of the molecule is CCc1ccc(C(=O)OC(C)C(=O)Nc2cc(S(=O)(=O)N3CCCCC3)ccc2Cl)cc1. The minimum absolute atomic E-state index is 0.0553. The summed E-state index contributed by atoms with van der Waals surface area (Å²) in [5.74, 6) is -1.24. The summed E-state index contributed by atoms with van der Waals surface area (Å²) >= 11 is 6.18. The maximum atomic E-state index is 12.9. The minimum atomic E-state index is -3.68. The van der Waals surface area contributed by atoms with Crippen LogP contribution >= 0.6 is 11.6 Å². The molecule has 0 aliphatic carbocycles. The van der Waals surface area contributed by atoms with Crippen LogP contribution in [0.15, 0.2) is 47.4 Å². The van der Waals surface area contributed by atoms with Crippen LogP contribution in [-0.2, 0) is 26.0 Å². The maximum Gasteiger partial charge on any atom is 0.338 e. The molecule has 1 unspecified atom stereocenters. The first-order valence-corrected chi connectivity index (χ1v) is 12.4. The van der Waals surface area contributed by atoms with E-state index in [1.165, 1.54) is 29.4 Å². The van der Waals surface area contributed by atoms with Crippen molar-refractivity contribution in [2.45, 2.75) is 50.5 Å². The van der Waals surface area contributed by atoms with Crippen molar-refractivity contribution >= 4 is 39.2 Å². The maximum absolute atomic E-state index is 12.9. The molecule has 2 aromatic carbocycles. The number of ether oxygens (including phenoxy) is 1. The van der Waals surface area contributed by atoms with Crippen LogP contribution in [-0.4, -0.2) is 43.8 Å². The Labute approximate surface area is 193 Å². The molecule has 1 aliphatic rings. The van der Waals surface area contributed by atoms with Gasteiger partial charge in [-0.2, -0.15) is 4.31 Å². The molecule has 0 spiro atoms. The van der Waals surface area contributed by atoms with Crippen LogP contribution < -0.4 is 5.32 Å². The molecule has 1 fully saturated rings. The van der Waals surface area contributed by atoms with Crippen molar-refractivity contribution in [3.8, 4) is 0 Å². The number of rotatable bonds is 7. The number of sulfonamides is 1. The van der Waals surface area contributed by atoms with Crippen LogP contribution in [0.5, 0.6) is 0 Å². The van der Waals surface area contributed by atoms with E-state index < -0.39 is 28.0 Å². The summed E-state index contributed by atoms with van der Waals surface area (Å²) in [7, 11) is -3.68. The van der Waals surface area contributed by atoms with Crippen LogP contribution in [0.25, 0.3) is 0 Å². The first-order chi connectivity index (χ1) is 15.2. The Morgan fingerprint density at radius 1 is 1.09 bits per heavy atom. The molecule has 3 rings (SSSR count). The number of nitrogens with zero attached hydrogens (tertiary/aromatic N) is 1. The average molecular weight is 479 g/mol. The third-order valence-corrected chi connectivity index (χ3v) is 7.62. The summed E-state index contributed by atoms with van der Waals surface area (Å²) in [4.78, 5) is 25.0. The molecule has 2 aromatic rings. The molecule has 1 heterocycles. The van der Waals surface area contributed by atoms with E-state index in [0.717, 1.165) is 31.2 Å². The van der Waals surface area contributed by atoms with Crippen molar-refractivity contribution in [1.82, 2.24) is 4.31 Å². The first-order valence-electron chi connectivity index (χ1n) is 10.6. The van der Waals surface area contributed by atoms with Gasteiger partial charge >= 0.3 is 5.97 Å². The molecule has 9 heteroatoms. The molecular weight excluding hydrogens is 452 g/mol. The summed E-state index contributed by atoms with van der Waals surface area (Å²) in [5, 5.41) is 2.75. The number of hydrogen-bond acceptors (Lipinski definition) is 5. The highest BCUT2D eigenvalue weighted by atomic mass is 35.5. The Bertz CT molecular complexity index is 1080. The van der Waals surface area contributed by atoms with Crippen LogP contribution in [0.3, 0.4) is 0 Å². The Morgan fingerprint density at radius 2 is 1.75 bits per heavy atom. The number of amides is 1. The fourth-order valence-corrected chi connectivity index (χ4v) is 5.12. The van der Waals surface area contributed by atoms with Crippen LogP contribution in [0, 0.1) is 0 Å². The van der Waals surface area contributed by atoms with Gasteiger partial charge in [-0.25, -0.2) is 13.2 Å². The van der Waals surface area contributed by atoms with Crippen molar-refractivity contribution in [3.63, 3.8) is 0 Å². The number of piperidine rings is 1. The van der Waals surface area contributed by atoms with E-state index in [2.05, 4.69) is 5.32 Å². The number of carbonyl (C=O) groups is 2. The number of hydrogen-bond donors (Lipinski definition) is 1. The number of esters is 1. The van der Waals surface area contributed by atoms with E-state index >= 15 is 0 Å². The van der Waals surface area contributed by atoms with Gasteiger partial charge in [0.25, 0.3) is 5.91 Å². The molecule has 0 aromatic heterocycles. The summed E-state index contributed by atoms with van der Waals surface area (Å²) in [6.07, 6.45) is 2.39. The second-order valence-corrected chi connectivity index (χ2v) is 10.0. The molecule has 1 amide bonds. The number of nitrogens with one attached hydrogen (secondary N) is 1. The lowest BCUT2D eigenvalue weighted by Crippen LogP contribution is -2.35. The number of benzene rings is 2. The number of anilines is 1. The van der Waals surface area contributed by atoms with E-state index in [1.807, 2.05) is 19.1 Å². The van der Waals surface area contributed by atoms with E-state index in [-0.39, 0.29) is 15.6 Å². The lowest BCUT2D eigenvalue weighted by molar-refractivity contribution is -0.123. The van der Waals surface area contributed by atoms with Crippen molar-refractivity contribution < 1.29 is 22.7 Å². The average Bonchev–Trinajstić information content (AvgIpc) is 2.80. The van der Waals surface area contributed by atoms with Gasteiger partial charge < -0.3 is 10.1 Å². The zero-order chi connectivity index (χ0) is 23.3. The molecule has 1 saturated heterocycles. The molecule has 1 N–H and O–H groups in total. The van der Waals surface area contributed by atoms with Crippen LogP contribution in [0.1, 0.15) is 49.0 Å². The number of aryl methyl sites for hydroxylation is 1. The van der Waals surface area contributed by atoms with E-state index in [9.17, 15) is 18.0 Å². The first kappa shape index (κ1) is 24.2. The highest BCUT2D eigenvalue weighted by molar-refractivity contribution is 7.89. The van der Waals surface area contributed by atoms with Gasteiger partial charge in [0.1, 0.15) is 0 Å². The molecule has 7 nitrogen and oxygen atoms in total. The molecule has 32 heavy (non-hydrogen) atoms. The molecule has 0 saturated carbocycles. The predicted molar refractivity (Wildman–Crippen MR) is 123 cm³/mol. The van der Waals surface area contributed by atoms with Gasteiger partial charge in [0.15, 0.2) is 6.10 Å². The predicted octanol–water partition coefficient (Wildman–Crippen LogP) is 4.26. The van der Waals surface area contributed by atoms with Crippen molar-refractivity contribution in [2.75, 3.05) is 18.4 Å². The molecule has 0 radical (unpaired) electrons. The summed E-state index contributed by atoms with van der Waals surface area (Å²) in [6, 6.07) is 11.1. The highest BCUT2D eigenvalue weighted by Gasteiger charge is 2.27. The zero-order valence-electron chi connectivity index (χ0n) is 18.1. The fraction of sp³-hybridized carbons (Fsp3) is 0.391. The largest absolute Gasteiger partial charge is 0.449 e. The van der Waals surface area contributed by atoms with Gasteiger partial charge in [-0.3, -0.25) is 4.79 Å². The molecule has 0 bridgehead atoms. The smallest absolute Gasteiger partial charge is 0.338 e. The normalized spacial score (nSPS) is 15.7. The topological polar surface area (TPSA) is 92.8 Å². The van der Waals surface area contributed by atoms with Crippen LogP contribution in [0.4, 0.5) is 5.69 Å². The molecule has 172 valence electrons. The second-order valence-electron chi connectivity index (χ2n) is 7.69. The Kier molecular flexibility index (Phi) is 7.92. The number of carbonyl (C=O) groups excluding carboxylic acids is 2. The summed E-state index contributed by atoms with van der Waals surface area (Å²) in [6.45, 7) is 4.39. The quantitative estimate of drug-likeness (QED) is 0.600. The molecule has 1 aliphatic heterocycles. The van der Waals surface area contributed by atoms with Crippen molar-refractivity contribution in [1.29, 1.82) is 0 Å². The molecular formula is C23H27ClN2O5S. The lowest BCUT2D eigenvalue weighted by Gasteiger charge is -2.26. The summed E-state index contributed by atoms with van der Waals surface area (Å²) < 4.78 is 32.5. The van der Waals surface area contributed by atoms with Gasteiger partial charge in [0, 0.05) is 13.1 Å². The Hall–Kier alpha value is -2.42.